The Kier molecular flexibility index (Phi) is 4.34. The molecule has 142 valence electrons. The van der Waals surface area contributed by atoms with Crippen LogP contribution in [-0.4, -0.2) is 33.0 Å². The molecule has 1 fully saturated rings. The molecule has 0 spiro atoms. The summed E-state index contributed by atoms with van der Waals surface area (Å²) >= 11 is 0. The predicted octanol–water partition coefficient (Wildman–Crippen LogP) is 4.01. The molecule has 5 nitrogen and oxygen atoms in total. The van der Waals surface area contributed by atoms with Gasteiger partial charge in [-0.3, -0.25) is 0 Å². The van der Waals surface area contributed by atoms with Crippen molar-refractivity contribution in [1.82, 2.24) is 0 Å². The number of carboxylic acids is 1. The summed E-state index contributed by atoms with van der Waals surface area (Å²) in [6, 6.07) is 1.73. The minimum Gasteiger partial charge on any atom is -0.507 e. The first-order valence-corrected chi connectivity index (χ1v) is 9.21. The number of hydrogen-bond acceptors (Lipinski definition) is 4. The number of aryl methyl sites for hydroxylation is 1. The highest BCUT2D eigenvalue weighted by molar-refractivity contribution is 5.94. The van der Waals surface area contributed by atoms with Crippen molar-refractivity contribution in [2.24, 2.45) is 5.41 Å². The lowest BCUT2D eigenvalue weighted by Crippen LogP contribution is -2.53. The largest absolute Gasteiger partial charge is 0.507 e. The first-order chi connectivity index (χ1) is 12.0. The van der Waals surface area contributed by atoms with Crippen LogP contribution in [0, 0.1) is 5.41 Å². The molecule has 3 rings (SSSR count). The number of benzene rings is 1. The van der Waals surface area contributed by atoms with Crippen LogP contribution < -0.4 is 4.74 Å². The van der Waals surface area contributed by atoms with Gasteiger partial charge in [0, 0.05) is 11.5 Å². The Hall–Kier alpha value is -2.01. The summed E-state index contributed by atoms with van der Waals surface area (Å²) in [5, 5.41) is 31.5. The van der Waals surface area contributed by atoms with E-state index in [4.69, 9.17) is 4.74 Å². The number of hydrogen-bond donors (Lipinski definition) is 3. The second-order valence-corrected chi connectivity index (χ2v) is 8.30. The molecule has 1 aromatic carbocycles. The summed E-state index contributed by atoms with van der Waals surface area (Å²) in [4.78, 5) is 11.8. The molecule has 1 aliphatic heterocycles. The van der Waals surface area contributed by atoms with Crippen LogP contribution in [0.5, 0.6) is 11.5 Å². The van der Waals surface area contributed by atoms with E-state index in [1.165, 1.54) is 0 Å². The molecule has 26 heavy (non-hydrogen) atoms. The Balaban J connectivity index is 2.27. The van der Waals surface area contributed by atoms with Gasteiger partial charge in [0.2, 0.25) is 0 Å². The van der Waals surface area contributed by atoms with Gasteiger partial charge in [0.05, 0.1) is 5.60 Å². The smallest absolute Gasteiger partial charge is 0.339 e. The predicted molar refractivity (Wildman–Crippen MR) is 99.0 cm³/mol. The minimum atomic E-state index is -1.14. The van der Waals surface area contributed by atoms with Crippen LogP contribution >= 0.6 is 0 Å². The van der Waals surface area contributed by atoms with E-state index < -0.39 is 23.1 Å². The van der Waals surface area contributed by atoms with Crippen LogP contribution in [0.1, 0.15) is 74.4 Å². The highest BCUT2D eigenvalue weighted by Crippen LogP contribution is 2.62. The molecule has 3 N–H and O–H groups in total. The van der Waals surface area contributed by atoms with E-state index in [1.807, 2.05) is 13.8 Å². The molecule has 1 aromatic rings. The van der Waals surface area contributed by atoms with Crippen molar-refractivity contribution in [3.05, 3.63) is 34.9 Å². The Morgan fingerprint density at radius 3 is 2.58 bits per heavy atom. The van der Waals surface area contributed by atoms with E-state index in [0.717, 1.165) is 12.0 Å². The van der Waals surface area contributed by atoms with Crippen molar-refractivity contribution in [1.29, 1.82) is 0 Å². The highest BCUT2D eigenvalue weighted by atomic mass is 16.5. The number of rotatable bonds is 4. The van der Waals surface area contributed by atoms with Crippen molar-refractivity contribution in [3.63, 3.8) is 0 Å². The molecule has 1 aliphatic carbocycles. The number of allylic oxidation sites excluding steroid dienone is 1. The molecule has 0 radical (unpaired) electrons. The zero-order valence-corrected chi connectivity index (χ0v) is 15.9. The molecule has 0 aromatic heterocycles. The SMILES string of the molecule is C=C(C)[C@]1(C)CC[C@](C)(O)C2Oc3cc(CCC)c(C(=O)O)c(O)c3C21. The molecule has 0 amide bonds. The molecular weight excluding hydrogens is 332 g/mol. The quantitative estimate of drug-likeness (QED) is 0.706. The number of aliphatic hydroxyl groups is 1. The fourth-order valence-electron chi connectivity index (χ4n) is 4.60. The summed E-state index contributed by atoms with van der Waals surface area (Å²) in [5.41, 5.74) is 0.499. The van der Waals surface area contributed by atoms with Gasteiger partial charge in [-0.1, -0.05) is 32.4 Å². The van der Waals surface area contributed by atoms with Crippen molar-refractivity contribution >= 4 is 5.97 Å². The van der Waals surface area contributed by atoms with Crippen LogP contribution in [0.2, 0.25) is 0 Å². The number of aromatic hydroxyl groups is 1. The molecular formula is C21H28O5. The van der Waals surface area contributed by atoms with E-state index in [-0.39, 0.29) is 17.2 Å². The van der Waals surface area contributed by atoms with Gasteiger partial charge in [0.15, 0.2) is 0 Å². The molecule has 0 saturated heterocycles. The Morgan fingerprint density at radius 1 is 1.38 bits per heavy atom. The molecule has 1 heterocycles. The van der Waals surface area contributed by atoms with E-state index in [1.54, 1.807) is 13.0 Å². The van der Waals surface area contributed by atoms with Gasteiger partial charge in [-0.25, -0.2) is 4.79 Å². The lowest BCUT2D eigenvalue weighted by molar-refractivity contribution is -0.0990. The van der Waals surface area contributed by atoms with E-state index in [9.17, 15) is 20.1 Å². The standard InChI is InChI=1S/C21H28O5/c1-6-7-12-10-13-15(17(22)14(12)19(23)24)16-18(26-13)21(5,25)9-8-20(16,4)11(2)3/h10,16,18,22,25H,2,6-9H2,1,3-5H3,(H,23,24)/t16?,18?,20-,21-/m0/s1. The average molecular weight is 360 g/mol. The number of carbonyl (C=O) groups is 1. The zero-order valence-electron chi connectivity index (χ0n) is 15.9. The van der Waals surface area contributed by atoms with E-state index >= 15 is 0 Å². The lowest BCUT2D eigenvalue weighted by Gasteiger charge is -2.49. The van der Waals surface area contributed by atoms with Crippen molar-refractivity contribution < 1.29 is 24.9 Å². The third kappa shape index (κ3) is 2.52. The molecule has 2 unspecified atom stereocenters. The van der Waals surface area contributed by atoms with Gasteiger partial charge < -0.3 is 20.1 Å². The normalized spacial score (nSPS) is 32.5. The highest BCUT2D eigenvalue weighted by Gasteiger charge is 2.58. The number of carboxylic acid groups (broad SMARTS) is 1. The summed E-state index contributed by atoms with van der Waals surface area (Å²) in [5.74, 6) is -1.22. The monoisotopic (exact) mass is 360 g/mol. The number of ether oxygens (including phenoxy) is 1. The van der Waals surface area contributed by atoms with Crippen LogP contribution in [-0.2, 0) is 6.42 Å². The third-order valence-corrected chi connectivity index (χ3v) is 6.41. The van der Waals surface area contributed by atoms with Gasteiger partial charge in [0.1, 0.15) is 23.2 Å². The maximum atomic E-state index is 11.8. The van der Waals surface area contributed by atoms with Crippen LogP contribution in [0.25, 0.3) is 0 Å². The second-order valence-electron chi connectivity index (χ2n) is 8.30. The second kappa shape index (κ2) is 6.02. The number of aromatic carboxylic acids is 1. The van der Waals surface area contributed by atoms with Gasteiger partial charge in [-0.15, -0.1) is 0 Å². The molecule has 2 aliphatic rings. The van der Waals surface area contributed by atoms with Gasteiger partial charge in [-0.05, 0) is 50.2 Å². The third-order valence-electron chi connectivity index (χ3n) is 6.41. The van der Waals surface area contributed by atoms with Crippen LogP contribution in [0.4, 0.5) is 0 Å². The van der Waals surface area contributed by atoms with Crippen molar-refractivity contribution in [2.45, 2.75) is 71.0 Å². The topological polar surface area (TPSA) is 87.0 Å². The Morgan fingerprint density at radius 2 is 2.04 bits per heavy atom. The fourth-order valence-corrected chi connectivity index (χ4v) is 4.60. The summed E-state index contributed by atoms with van der Waals surface area (Å²) in [6.45, 7) is 11.8. The Labute approximate surface area is 154 Å². The fraction of sp³-hybridized carbons (Fsp3) is 0.571. The lowest BCUT2D eigenvalue weighted by atomic mass is 9.57. The van der Waals surface area contributed by atoms with Gasteiger partial charge >= 0.3 is 5.97 Å². The average Bonchev–Trinajstić information content (AvgIpc) is 2.93. The number of fused-ring (bicyclic) bond motifs is 3. The summed E-state index contributed by atoms with van der Waals surface area (Å²) in [6.07, 6.45) is 2.00. The number of phenols is 1. The summed E-state index contributed by atoms with van der Waals surface area (Å²) in [7, 11) is 0. The van der Waals surface area contributed by atoms with Gasteiger partial charge in [-0.2, -0.15) is 0 Å². The molecule has 1 saturated carbocycles. The van der Waals surface area contributed by atoms with Crippen LogP contribution in [0.3, 0.4) is 0 Å². The van der Waals surface area contributed by atoms with E-state index in [0.29, 0.717) is 36.1 Å². The maximum Gasteiger partial charge on any atom is 0.339 e. The van der Waals surface area contributed by atoms with Gasteiger partial charge in [0.25, 0.3) is 0 Å². The minimum absolute atomic E-state index is 0.0517. The molecule has 5 heteroatoms. The Bertz CT molecular complexity index is 779. The van der Waals surface area contributed by atoms with Crippen molar-refractivity contribution in [3.8, 4) is 11.5 Å². The summed E-state index contributed by atoms with van der Waals surface area (Å²) < 4.78 is 6.13. The maximum absolute atomic E-state index is 11.8. The van der Waals surface area contributed by atoms with E-state index in [2.05, 4.69) is 13.5 Å². The van der Waals surface area contributed by atoms with Crippen molar-refractivity contribution in [2.75, 3.05) is 0 Å². The first kappa shape index (κ1) is 18.8. The molecule has 4 atom stereocenters. The zero-order chi connectivity index (χ0) is 19.4. The van der Waals surface area contributed by atoms with Crippen LogP contribution in [0.15, 0.2) is 18.2 Å². The first-order valence-electron chi connectivity index (χ1n) is 9.21. The molecule has 0 bridgehead atoms.